The summed E-state index contributed by atoms with van der Waals surface area (Å²) in [6.07, 6.45) is 3.82. The Morgan fingerprint density at radius 3 is 2.79 bits per heavy atom. The van der Waals surface area contributed by atoms with Gasteiger partial charge in [0.1, 0.15) is 5.60 Å². The van der Waals surface area contributed by atoms with Gasteiger partial charge < -0.3 is 15.8 Å². The van der Waals surface area contributed by atoms with Gasteiger partial charge in [-0.15, -0.1) is 0 Å². The van der Waals surface area contributed by atoms with Crippen LogP contribution in [0, 0.1) is 6.92 Å². The van der Waals surface area contributed by atoms with Crippen molar-refractivity contribution in [1.82, 2.24) is 10.3 Å². The van der Waals surface area contributed by atoms with Crippen LogP contribution in [0.1, 0.15) is 31.9 Å². The first-order chi connectivity index (χ1) is 8.78. The SMILES string of the molecule is Cc1cnccc1CC(N)CNC(=O)OC(C)(C)C. The van der Waals surface area contributed by atoms with E-state index >= 15 is 0 Å². The Bertz CT molecular complexity index is 427. The number of alkyl carbamates (subject to hydrolysis) is 1. The summed E-state index contributed by atoms with van der Waals surface area (Å²) in [6, 6.07) is 1.80. The molecule has 5 heteroatoms. The van der Waals surface area contributed by atoms with E-state index in [1.54, 1.807) is 6.20 Å². The molecule has 1 aromatic heterocycles. The zero-order valence-electron chi connectivity index (χ0n) is 12.1. The molecule has 0 aliphatic carbocycles. The summed E-state index contributed by atoms with van der Waals surface area (Å²) in [7, 11) is 0. The molecule has 0 aliphatic heterocycles. The Hall–Kier alpha value is -1.62. The van der Waals surface area contributed by atoms with Crippen molar-refractivity contribution in [2.24, 2.45) is 5.73 Å². The van der Waals surface area contributed by atoms with Gasteiger partial charge in [0.25, 0.3) is 0 Å². The molecule has 0 saturated carbocycles. The molecule has 0 aromatic carbocycles. The standard InChI is InChI=1S/C14H23N3O2/c1-10-8-16-6-5-11(10)7-12(15)9-17-13(18)19-14(2,3)4/h5-6,8,12H,7,9,15H2,1-4H3,(H,17,18). The lowest BCUT2D eigenvalue weighted by molar-refractivity contribution is 0.0524. The predicted octanol–water partition coefficient (Wildman–Crippen LogP) is 1.78. The topological polar surface area (TPSA) is 77.2 Å². The number of aryl methyl sites for hydroxylation is 1. The summed E-state index contributed by atoms with van der Waals surface area (Å²) in [5.41, 5.74) is 7.76. The number of carbonyl (C=O) groups is 1. The van der Waals surface area contributed by atoms with Crippen molar-refractivity contribution in [2.75, 3.05) is 6.54 Å². The van der Waals surface area contributed by atoms with Crippen LogP contribution in [-0.4, -0.2) is 29.3 Å². The van der Waals surface area contributed by atoms with Gasteiger partial charge in [-0.2, -0.15) is 0 Å². The third-order valence-corrected chi connectivity index (χ3v) is 2.53. The number of hydrogen-bond acceptors (Lipinski definition) is 4. The maximum absolute atomic E-state index is 11.5. The van der Waals surface area contributed by atoms with E-state index in [4.69, 9.17) is 10.5 Å². The Kier molecular flexibility index (Phi) is 5.30. The van der Waals surface area contributed by atoms with Gasteiger partial charge in [0.05, 0.1) is 0 Å². The Morgan fingerprint density at radius 2 is 2.21 bits per heavy atom. The average molecular weight is 265 g/mol. The average Bonchev–Trinajstić information content (AvgIpc) is 2.27. The van der Waals surface area contributed by atoms with Crippen LogP contribution in [0.5, 0.6) is 0 Å². The van der Waals surface area contributed by atoms with E-state index in [1.807, 2.05) is 40.0 Å². The molecule has 0 fully saturated rings. The number of pyridine rings is 1. The van der Waals surface area contributed by atoms with Crippen LogP contribution in [-0.2, 0) is 11.2 Å². The van der Waals surface area contributed by atoms with E-state index < -0.39 is 11.7 Å². The third-order valence-electron chi connectivity index (χ3n) is 2.53. The molecule has 19 heavy (non-hydrogen) atoms. The summed E-state index contributed by atoms with van der Waals surface area (Å²) in [6.45, 7) is 7.86. The van der Waals surface area contributed by atoms with Crippen LogP contribution in [0.15, 0.2) is 18.5 Å². The van der Waals surface area contributed by atoms with E-state index in [2.05, 4.69) is 10.3 Å². The van der Waals surface area contributed by atoms with Crippen molar-refractivity contribution in [3.8, 4) is 0 Å². The normalized spacial score (nSPS) is 12.9. The molecule has 1 heterocycles. The number of nitrogens with zero attached hydrogens (tertiary/aromatic N) is 1. The maximum Gasteiger partial charge on any atom is 0.407 e. The summed E-state index contributed by atoms with van der Waals surface area (Å²) < 4.78 is 5.15. The van der Waals surface area contributed by atoms with Crippen molar-refractivity contribution in [1.29, 1.82) is 0 Å². The lowest BCUT2D eigenvalue weighted by Gasteiger charge is -2.21. The fraction of sp³-hybridized carbons (Fsp3) is 0.571. The zero-order chi connectivity index (χ0) is 14.5. The van der Waals surface area contributed by atoms with Crippen molar-refractivity contribution < 1.29 is 9.53 Å². The van der Waals surface area contributed by atoms with Crippen LogP contribution in [0.25, 0.3) is 0 Å². The lowest BCUT2D eigenvalue weighted by Crippen LogP contribution is -2.41. The van der Waals surface area contributed by atoms with Crippen LogP contribution < -0.4 is 11.1 Å². The highest BCUT2D eigenvalue weighted by molar-refractivity contribution is 5.67. The number of nitrogens with two attached hydrogens (primary N) is 1. The molecule has 0 aliphatic rings. The molecule has 5 nitrogen and oxygen atoms in total. The highest BCUT2D eigenvalue weighted by atomic mass is 16.6. The number of rotatable bonds is 4. The minimum absolute atomic E-state index is 0.145. The fourth-order valence-electron chi connectivity index (χ4n) is 1.61. The zero-order valence-corrected chi connectivity index (χ0v) is 12.1. The van der Waals surface area contributed by atoms with E-state index in [1.165, 1.54) is 0 Å². The van der Waals surface area contributed by atoms with Crippen molar-refractivity contribution >= 4 is 6.09 Å². The number of amides is 1. The highest BCUT2D eigenvalue weighted by Gasteiger charge is 2.16. The van der Waals surface area contributed by atoms with Crippen molar-refractivity contribution in [3.63, 3.8) is 0 Å². The van der Waals surface area contributed by atoms with Gasteiger partial charge >= 0.3 is 6.09 Å². The van der Waals surface area contributed by atoms with Crippen molar-refractivity contribution in [2.45, 2.75) is 45.8 Å². The first-order valence-electron chi connectivity index (χ1n) is 6.40. The minimum atomic E-state index is -0.490. The fourth-order valence-corrected chi connectivity index (χ4v) is 1.61. The van der Waals surface area contributed by atoms with E-state index in [-0.39, 0.29) is 6.04 Å². The van der Waals surface area contributed by atoms with Gasteiger partial charge in [-0.25, -0.2) is 4.79 Å². The van der Waals surface area contributed by atoms with Crippen molar-refractivity contribution in [3.05, 3.63) is 29.6 Å². The second-order valence-corrected chi connectivity index (χ2v) is 5.65. The second kappa shape index (κ2) is 6.52. The van der Waals surface area contributed by atoms with Crippen LogP contribution in [0.3, 0.4) is 0 Å². The minimum Gasteiger partial charge on any atom is -0.444 e. The first kappa shape index (κ1) is 15.4. The van der Waals surface area contributed by atoms with E-state index in [9.17, 15) is 4.79 Å². The number of carbonyl (C=O) groups excluding carboxylic acids is 1. The Morgan fingerprint density at radius 1 is 1.53 bits per heavy atom. The number of aromatic nitrogens is 1. The van der Waals surface area contributed by atoms with E-state index in [0.717, 1.165) is 11.1 Å². The molecule has 1 atom stereocenters. The lowest BCUT2D eigenvalue weighted by atomic mass is 10.0. The van der Waals surface area contributed by atoms with Gasteiger partial charge in [0, 0.05) is 25.0 Å². The van der Waals surface area contributed by atoms with Gasteiger partial charge in [-0.3, -0.25) is 4.98 Å². The molecule has 3 N–H and O–H groups in total. The van der Waals surface area contributed by atoms with Gasteiger partial charge in [0.15, 0.2) is 0 Å². The smallest absolute Gasteiger partial charge is 0.407 e. The van der Waals surface area contributed by atoms with Gasteiger partial charge in [-0.05, 0) is 51.3 Å². The maximum atomic E-state index is 11.5. The highest BCUT2D eigenvalue weighted by Crippen LogP contribution is 2.08. The summed E-state index contributed by atoms with van der Waals surface area (Å²) in [4.78, 5) is 15.5. The molecule has 0 radical (unpaired) electrons. The summed E-state index contributed by atoms with van der Waals surface area (Å²) >= 11 is 0. The molecular weight excluding hydrogens is 242 g/mol. The molecule has 0 saturated heterocycles. The monoisotopic (exact) mass is 265 g/mol. The number of nitrogens with one attached hydrogen (secondary N) is 1. The number of hydrogen-bond donors (Lipinski definition) is 2. The summed E-state index contributed by atoms with van der Waals surface area (Å²) in [5, 5.41) is 2.68. The molecule has 1 amide bonds. The summed E-state index contributed by atoms with van der Waals surface area (Å²) in [5.74, 6) is 0. The second-order valence-electron chi connectivity index (χ2n) is 5.65. The molecular formula is C14H23N3O2. The Labute approximate surface area is 114 Å². The molecule has 0 spiro atoms. The van der Waals surface area contributed by atoms with Crippen LogP contribution in [0.2, 0.25) is 0 Å². The van der Waals surface area contributed by atoms with Gasteiger partial charge in [-0.1, -0.05) is 0 Å². The first-order valence-corrected chi connectivity index (χ1v) is 6.40. The van der Waals surface area contributed by atoms with E-state index in [0.29, 0.717) is 13.0 Å². The van der Waals surface area contributed by atoms with Crippen LogP contribution >= 0.6 is 0 Å². The van der Waals surface area contributed by atoms with Gasteiger partial charge in [0.2, 0.25) is 0 Å². The molecule has 1 aromatic rings. The largest absolute Gasteiger partial charge is 0.444 e. The quantitative estimate of drug-likeness (QED) is 0.870. The molecule has 1 rings (SSSR count). The molecule has 0 bridgehead atoms. The number of ether oxygens (including phenoxy) is 1. The Balaban J connectivity index is 2.38. The third kappa shape index (κ3) is 6.20. The molecule has 1 unspecified atom stereocenters. The predicted molar refractivity (Wildman–Crippen MR) is 74.9 cm³/mol. The van der Waals surface area contributed by atoms with Crippen LogP contribution in [0.4, 0.5) is 4.79 Å². The molecule has 106 valence electrons.